The van der Waals surface area contributed by atoms with Gasteiger partial charge in [-0.05, 0) is 73.6 Å². The quantitative estimate of drug-likeness (QED) is 0.464. The van der Waals surface area contributed by atoms with Crippen LogP contribution in [-0.2, 0) is 10.2 Å². The Bertz CT molecular complexity index is 1100. The Morgan fingerprint density at radius 3 is 2.36 bits per heavy atom. The van der Waals surface area contributed by atoms with Crippen LogP contribution in [0.25, 0.3) is 0 Å². The minimum atomic E-state index is -0.309. The molecule has 5 nitrogen and oxygen atoms in total. The van der Waals surface area contributed by atoms with E-state index in [1.165, 1.54) is 16.9 Å². The lowest BCUT2D eigenvalue weighted by Gasteiger charge is -2.39. The molecule has 192 valence electrons. The predicted molar refractivity (Wildman–Crippen MR) is 143 cm³/mol. The number of halogens is 1. The first-order valence-electron chi connectivity index (χ1n) is 13.3. The Balaban J connectivity index is 1.12. The van der Waals surface area contributed by atoms with Crippen molar-refractivity contribution in [3.05, 3.63) is 64.7 Å². The van der Waals surface area contributed by atoms with E-state index in [0.717, 1.165) is 58.0 Å². The van der Waals surface area contributed by atoms with Gasteiger partial charge < -0.3 is 14.5 Å². The molecule has 1 aliphatic heterocycles. The Morgan fingerprint density at radius 2 is 1.72 bits per heavy atom. The van der Waals surface area contributed by atoms with Crippen molar-refractivity contribution in [2.45, 2.75) is 56.8 Å². The fraction of sp³-hybridized carbons (Fsp3) is 0.533. The highest BCUT2D eigenvalue weighted by Crippen LogP contribution is 2.61. The van der Waals surface area contributed by atoms with Gasteiger partial charge in [-0.3, -0.25) is 9.59 Å². The number of amides is 2. The average Bonchev–Trinajstić information content (AvgIpc) is 3.31. The summed E-state index contributed by atoms with van der Waals surface area (Å²) in [6.45, 7) is 2.40. The molecule has 0 radical (unpaired) electrons. The number of benzene rings is 2. The van der Waals surface area contributed by atoms with Crippen LogP contribution in [0.1, 0.15) is 67.3 Å². The summed E-state index contributed by atoms with van der Waals surface area (Å²) in [5, 5.41) is 0.418. The second-order valence-corrected chi connectivity index (χ2v) is 11.6. The average molecular weight is 509 g/mol. The number of piperidine rings is 1. The second-order valence-electron chi connectivity index (χ2n) is 11.2. The van der Waals surface area contributed by atoms with E-state index in [1.807, 2.05) is 12.1 Å². The molecule has 2 aromatic carbocycles. The minimum absolute atomic E-state index is 0.112. The van der Waals surface area contributed by atoms with Gasteiger partial charge in [0.05, 0.1) is 22.6 Å². The lowest BCUT2D eigenvalue weighted by Crippen LogP contribution is -2.49. The summed E-state index contributed by atoms with van der Waals surface area (Å²) in [4.78, 5) is 29.6. The molecule has 3 fully saturated rings. The molecule has 5 rings (SSSR count). The zero-order valence-electron chi connectivity index (χ0n) is 21.5. The Hall–Kier alpha value is -2.53. The number of hydrogen-bond acceptors (Lipinski definition) is 3. The van der Waals surface area contributed by atoms with Gasteiger partial charge in [0.15, 0.2) is 0 Å². The van der Waals surface area contributed by atoms with E-state index in [-0.39, 0.29) is 11.3 Å². The molecular weight excluding hydrogens is 472 g/mol. The number of carbonyl (C=O) groups excluding carboxylic acids is 2. The smallest absolute Gasteiger partial charge is 0.254 e. The first kappa shape index (κ1) is 25.1. The van der Waals surface area contributed by atoms with Crippen molar-refractivity contribution in [1.29, 1.82) is 0 Å². The third kappa shape index (κ3) is 4.74. The molecule has 1 saturated heterocycles. The van der Waals surface area contributed by atoms with Crippen molar-refractivity contribution in [3.63, 3.8) is 0 Å². The Labute approximate surface area is 219 Å². The maximum atomic E-state index is 13.8. The van der Waals surface area contributed by atoms with E-state index in [4.69, 9.17) is 16.3 Å². The first-order valence-corrected chi connectivity index (χ1v) is 13.7. The van der Waals surface area contributed by atoms with Crippen molar-refractivity contribution < 1.29 is 14.3 Å². The van der Waals surface area contributed by atoms with Crippen molar-refractivity contribution >= 4 is 23.4 Å². The maximum absolute atomic E-state index is 13.8. The van der Waals surface area contributed by atoms with Crippen LogP contribution in [0.5, 0.6) is 5.75 Å². The maximum Gasteiger partial charge on any atom is 0.254 e. The van der Waals surface area contributed by atoms with Crippen molar-refractivity contribution in [2.75, 3.05) is 33.8 Å². The zero-order valence-corrected chi connectivity index (χ0v) is 22.2. The Morgan fingerprint density at radius 1 is 1.03 bits per heavy atom. The molecule has 0 unspecified atom stereocenters. The number of likely N-dealkylation sites (tertiary alicyclic amines) is 1. The standard InChI is InChI=1S/C30H37ClN2O3/c1-32(2)27(34)25-11-10-24(20-26(25)31)36-19-12-23-21-29(23)15-17-33(18-16-29)28(35)30(13-6-7-14-30)22-8-4-3-5-9-22/h3-5,8-11,20,23H,6-7,12-19,21H2,1-2H3/t23-/m1/s1. The van der Waals surface area contributed by atoms with Gasteiger partial charge in [0.25, 0.3) is 5.91 Å². The van der Waals surface area contributed by atoms with Crippen molar-refractivity contribution in [3.8, 4) is 5.75 Å². The third-order valence-corrected chi connectivity index (χ3v) is 9.22. The Kier molecular flexibility index (Phi) is 7.04. The summed E-state index contributed by atoms with van der Waals surface area (Å²) in [6, 6.07) is 15.7. The molecule has 2 saturated carbocycles. The van der Waals surface area contributed by atoms with Gasteiger partial charge in [-0.2, -0.15) is 0 Å². The van der Waals surface area contributed by atoms with Crippen molar-refractivity contribution in [1.82, 2.24) is 9.80 Å². The van der Waals surface area contributed by atoms with Crippen molar-refractivity contribution in [2.24, 2.45) is 11.3 Å². The molecule has 1 atom stereocenters. The van der Waals surface area contributed by atoms with Crippen LogP contribution in [0.2, 0.25) is 5.02 Å². The fourth-order valence-electron chi connectivity index (χ4n) is 6.59. The van der Waals surface area contributed by atoms with E-state index < -0.39 is 0 Å². The van der Waals surface area contributed by atoms with Crippen LogP contribution in [0.3, 0.4) is 0 Å². The van der Waals surface area contributed by atoms with Gasteiger partial charge in [-0.15, -0.1) is 0 Å². The molecule has 0 aromatic heterocycles. The molecule has 6 heteroatoms. The normalized spacial score (nSPS) is 21.9. The van der Waals surface area contributed by atoms with Crippen LogP contribution < -0.4 is 4.74 Å². The lowest BCUT2D eigenvalue weighted by molar-refractivity contribution is -0.139. The number of hydrogen-bond donors (Lipinski definition) is 0. The van der Waals surface area contributed by atoms with Gasteiger partial charge >= 0.3 is 0 Å². The summed E-state index contributed by atoms with van der Waals surface area (Å²) in [6.07, 6.45) is 8.68. The number of nitrogens with zero attached hydrogens (tertiary/aromatic N) is 2. The molecule has 2 aliphatic carbocycles. The fourth-order valence-corrected chi connectivity index (χ4v) is 6.84. The molecule has 1 spiro atoms. The van der Waals surface area contributed by atoms with Gasteiger partial charge in [0.2, 0.25) is 5.91 Å². The number of carbonyl (C=O) groups is 2. The SMILES string of the molecule is CN(C)C(=O)c1ccc(OCC[C@@H]2CC23CCN(C(=O)C2(c4ccccc4)CCCC2)CC3)cc1Cl. The molecule has 0 N–H and O–H groups in total. The highest BCUT2D eigenvalue weighted by atomic mass is 35.5. The largest absolute Gasteiger partial charge is 0.494 e. The van der Waals surface area contributed by atoms with Crippen LogP contribution in [0, 0.1) is 11.3 Å². The van der Waals surface area contributed by atoms with Gasteiger partial charge in [0, 0.05) is 27.2 Å². The molecule has 36 heavy (non-hydrogen) atoms. The van der Waals surface area contributed by atoms with Gasteiger partial charge in [-0.1, -0.05) is 54.8 Å². The molecule has 1 heterocycles. The number of rotatable bonds is 7. The minimum Gasteiger partial charge on any atom is -0.494 e. The zero-order chi connectivity index (χ0) is 25.3. The van der Waals surface area contributed by atoms with E-state index >= 15 is 0 Å². The van der Waals surface area contributed by atoms with Crippen LogP contribution in [0.15, 0.2) is 48.5 Å². The number of ether oxygens (including phenoxy) is 1. The summed E-state index contributed by atoms with van der Waals surface area (Å²) in [7, 11) is 3.43. The molecular formula is C30H37ClN2O3. The predicted octanol–water partition coefficient (Wildman–Crippen LogP) is 5.95. The highest BCUT2D eigenvalue weighted by molar-refractivity contribution is 6.34. The van der Waals surface area contributed by atoms with Crippen LogP contribution in [0.4, 0.5) is 0 Å². The van der Waals surface area contributed by atoms with Crippen LogP contribution in [-0.4, -0.2) is 55.4 Å². The highest BCUT2D eigenvalue weighted by Gasteiger charge is 2.55. The summed E-state index contributed by atoms with van der Waals surface area (Å²) < 4.78 is 5.98. The van der Waals surface area contributed by atoms with E-state index in [0.29, 0.717) is 40.2 Å². The molecule has 0 bridgehead atoms. The van der Waals surface area contributed by atoms with E-state index in [2.05, 4.69) is 29.2 Å². The third-order valence-electron chi connectivity index (χ3n) is 8.91. The van der Waals surface area contributed by atoms with Gasteiger partial charge in [0.1, 0.15) is 5.75 Å². The topological polar surface area (TPSA) is 49.9 Å². The van der Waals surface area contributed by atoms with Gasteiger partial charge in [-0.25, -0.2) is 0 Å². The summed E-state index contributed by atoms with van der Waals surface area (Å²) >= 11 is 6.31. The summed E-state index contributed by atoms with van der Waals surface area (Å²) in [5.41, 5.74) is 1.77. The van der Waals surface area contributed by atoms with E-state index in [1.54, 1.807) is 26.2 Å². The molecule has 3 aliphatic rings. The lowest BCUT2D eigenvalue weighted by atomic mass is 9.76. The van der Waals surface area contributed by atoms with E-state index in [9.17, 15) is 9.59 Å². The molecule has 2 aromatic rings. The monoisotopic (exact) mass is 508 g/mol. The first-order chi connectivity index (χ1) is 17.3. The molecule has 2 amide bonds. The summed E-state index contributed by atoms with van der Waals surface area (Å²) in [5.74, 6) is 1.61. The van der Waals surface area contributed by atoms with Crippen LogP contribution >= 0.6 is 11.6 Å². The second kappa shape index (κ2) is 10.1.